The normalized spacial score (nSPS) is 21.0. The second-order valence-electron chi connectivity index (χ2n) is 4.25. The zero-order valence-corrected chi connectivity index (χ0v) is 14.0. The van der Waals surface area contributed by atoms with Crippen molar-refractivity contribution in [3.63, 3.8) is 0 Å². The molecule has 9 nitrogen and oxygen atoms in total. The van der Waals surface area contributed by atoms with Crippen molar-refractivity contribution in [1.82, 2.24) is 5.43 Å². The minimum absolute atomic E-state index is 0.0493. The Morgan fingerprint density at radius 3 is 2.27 bits per heavy atom. The van der Waals surface area contributed by atoms with E-state index in [9.17, 15) is 14.2 Å². The standard InChI is InChI=1S/C12H21N2O7P/c1-5-19-11(16)12(22(17,20-6-2)21-7-3)8-9(13-14-12)10(15)18-4/h14H,5-8H2,1-4H3. The first kappa shape index (κ1) is 18.6. The van der Waals surface area contributed by atoms with E-state index < -0.39 is 24.8 Å². The van der Waals surface area contributed by atoms with Gasteiger partial charge in [0.25, 0.3) is 5.28 Å². The molecule has 0 spiro atoms. The number of nitrogens with zero attached hydrogens (tertiary/aromatic N) is 1. The number of hydrogen-bond donors (Lipinski definition) is 1. The summed E-state index contributed by atoms with van der Waals surface area (Å²) in [5.74, 6) is -1.60. The van der Waals surface area contributed by atoms with Gasteiger partial charge in [0.15, 0.2) is 0 Å². The van der Waals surface area contributed by atoms with E-state index in [4.69, 9.17) is 13.8 Å². The molecule has 1 heterocycles. The Morgan fingerprint density at radius 2 is 1.82 bits per heavy atom. The van der Waals surface area contributed by atoms with Gasteiger partial charge in [-0.25, -0.2) is 9.59 Å². The summed E-state index contributed by atoms with van der Waals surface area (Å²) in [4.78, 5) is 24.0. The first-order valence-electron chi connectivity index (χ1n) is 6.89. The van der Waals surface area contributed by atoms with Crippen LogP contribution in [0.4, 0.5) is 0 Å². The number of ether oxygens (including phenoxy) is 2. The van der Waals surface area contributed by atoms with E-state index >= 15 is 0 Å². The quantitative estimate of drug-likeness (QED) is 0.517. The fourth-order valence-electron chi connectivity index (χ4n) is 1.95. The molecule has 0 saturated carbocycles. The molecule has 10 heteroatoms. The maximum absolute atomic E-state index is 13.1. The van der Waals surface area contributed by atoms with Crippen LogP contribution >= 0.6 is 7.60 Å². The largest absolute Gasteiger partial charge is 0.464 e. The number of methoxy groups -OCH3 is 1. The predicted molar refractivity (Wildman–Crippen MR) is 77.4 cm³/mol. The molecule has 0 aliphatic carbocycles. The van der Waals surface area contributed by atoms with Crippen molar-refractivity contribution in [2.45, 2.75) is 32.5 Å². The van der Waals surface area contributed by atoms with E-state index in [2.05, 4.69) is 15.3 Å². The monoisotopic (exact) mass is 336 g/mol. The van der Waals surface area contributed by atoms with Gasteiger partial charge in [0.2, 0.25) is 0 Å². The topological polar surface area (TPSA) is 113 Å². The van der Waals surface area contributed by atoms with Gasteiger partial charge in [0, 0.05) is 6.42 Å². The van der Waals surface area contributed by atoms with E-state index in [1.807, 2.05) is 0 Å². The summed E-state index contributed by atoms with van der Waals surface area (Å²) < 4.78 is 33.1. The van der Waals surface area contributed by atoms with Gasteiger partial charge in [0.05, 0.1) is 26.9 Å². The minimum atomic E-state index is -3.98. The Balaban J connectivity index is 3.23. The van der Waals surface area contributed by atoms with Crippen molar-refractivity contribution >= 4 is 25.2 Å². The summed E-state index contributed by atoms with van der Waals surface area (Å²) in [5.41, 5.74) is 2.34. The fraction of sp³-hybridized carbons (Fsp3) is 0.750. The second-order valence-corrected chi connectivity index (χ2v) is 6.53. The maximum atomic E-state index is 13.1. The molecular weight excluding hydrogens is 315 g/mol. The third-order valence-electron chi connectivity index (χ3n) is 2.90. The SMILES string of the molecule is CCOC(=O)C1(P(=O)(OCC)OCC)CC(C(=O)OC)=NN1. The van der Waals surface area contributed by atoms with E-state index in [-0.39, 0.29) is 32.0 Å². The van der Waals surface area contributed by atoms with Gasteiger partial charge in [-0.3, -0.25) is 9.99 Å². The van der Waals surface area contributed by atoms with Crippen LogP contribution in [0.3, 0.4) is 0 Å². The van der Waals surface area contributed by atoms with Crippen LogP contribution in [0.25, 0.3) is 0 Å². The average Bonchev–Trinajstić information content (AvgIpc) is 2.94. The van der Waals surface area contributed by atoms with Gasteiger partial charge in [-0.2, -0.15) is 5.10 Å². The minimum Gasteiger partial charge on any atom is -0.464 e. The molecule has 1 atom stereocenters. The molecule has 0 aromatic carbocycles. The van der Waals surface area contributed by atoms with E-state index in [1.54, 1.807) is 20.8 Å². The van der Waals surface area contributed by atoms with Crippen molar-refractivity contribution in [1.29, 1.82) is 0 Å². The van der Waals surface area contributed by atoms with Crippen LogP contribution in [0, 0.1) is 0 Å². The number of rotatable bonds is 8. The highest BCUT2D eigenvalue weighted by Crippen LogP contribution is 2.61. The lowest BCUT2D eigenvalue weighted by atomic mass is 10.1. The predicted octanol–water partition coefficient (Wildman–Crippen LogP) is 1.03. The maximum Gasteiger partial charge on any atom is 0.369 e. The lowest BCUT2D eigenvalue weighted by Crippen LogP contribution is -2.49. The number of carbonyl (C=O) groups is 2. The first-order chi connectivity index (χ1) is 10.4. The smallest absolute Gasteiger partial charge is 0.369 e. The fourth-order valence-corrected chi connectivity index (χ4v) is 3.95. The molecule has 0 saturated heterocycles. The number of hydrogen-bond acceptors (Lipinski definition) is 9. The van der Waals surface area contributed by atoms with Crippen LogP contribution < -0.4 is 5.43 Å². The lowest BCUT2D eigenvalue weighted by Gasteiger charge is -2.32. The molecule has 0 aromatic rings. The van der Waals surface area contributed by atoms with Crippen LogP contribution in [-0.4, -0.2) is 49.9 Å². The highest BCUT2D eigenvalue weighted by atomic mass is 31.2. The molecule has 1 unspecified atom stereocenters. The van der Waals surface area contributed by atoms with E-state index in [0.717, 1.165) is 0 Å². The third-order valence-corrected chi connectivity index (χ3v) is 5.47. The van der Waals surface area contributed by atoms with Gasteiger partial charge in [0.1, 0.15) is 5.71 Å². The van der Waals surface area contributed by atoms with Crippen LogP contribution in [0.5, 0.6) is 0 Å². The number of carbonyl (C=O) groups excluding carboxylic acids is 2. The molecule has 0 bridgehead atoms. The molecule has 22 heavy (non-hydrogen) atoms. The van der Waals surface area contributed by atoms with Crippen LogP contribution in [0.2, 0.25) is 0 Å². The van der Waals surface area contributed by atoms with Crippen molar-refractivity contribution in [2.75, 3.05) is 26.9 Å². The molecule has 0 fully saturated rings. The Bertz CT molecular complexity index is 498. The average molecular weight is 336 g/mol. The van der Waals surface area contributed by atoms with Gasteiger partial charge < -0.3 is 18.5 Å². The molecule has 126 valence electrons. The molecule has 0 amide bonds. The molecule has 0 radical (unpaired) electrons. The van der Waals surface area contributed by atoms with Crippen molar-refractivity contribution < 1.29 is 32.7 Å². The van der Waals surface area contributed by atoms with Gasteiger partial charge in [-0.05, 0) is 20.8 Å². The molecule has 1 aliphatic heterocycles. The number of nitrogens with one attached hydrogen (secondary N) is 1. The van der Waals surface area contributed by atoms with E-state index in [0.29, 0.717) is 0 Å². The van der Waals surface area contributed by atoms with Gasteiger partial charge >= 0.3 is 19.5 Å². The van der Waals surface area contributed by atoms with Crippen LogP contribution in [-0.2, 0) is 32.7 Å². The summed E-state index contributed by atoms with van der Waals surface area (Å²) >= 11 is 0. The van der Waals surface area contributed by atoms with Gasteiger partial charge in [-0.15, -0.1) is 0 Å². The Morgan fingerprint density at radius 1 is 1.23 bits per heavy atom. The highest BCUT2D eigenvalue weighted by molar-refractivity contribution is 7.56. The van der Waals surface area contributed by atoms with Crippen molar-refractivity contribution in [3.05, 3.63) is 0 Å². The van der Waals surface area contributed by atoms with Gasteiger partial charge in [-0.1, -0.05) is 0 Å². The van der Waals surface area contributed by atoms with Crippen molar-refractivity contribution in [3.8, 4) is 0 Å². The Kier molecular flexibility index (Phi) is 6.52. The zero-order chi connectivity index (χ0) is 16.8. The Hall–Kier alpha value is -1.44. The summed E-state index contributed by atoms with van der Waals surface area (Å²) in [6, 6.07) is 0. The summed E-state index contributed by atoms with van der Waals surface area (Å²) in [6.45, 7) is 4.99. The van der Waals surface area contributed by atoms with Crippen molar-refractivity contribution in [2.24, 2.45) is 5.10 Å². The first-order valence-corrected chi connectivity index (χ1v) is 8.43. The highest BCUT2D eigenvalue weighted by Gasteiger charge is 2.62. The van der Waals surface area contributed by atoms with E-state index in [1.165, 1.54) is 7.11 Å². The molecule has 1 rings (SSSR count). The molecular formula is C12H21N2O7P. The third kappa shape index (κ3) is 3.31. The lowest BCUT2D eigenvalue weighted by molar-refractivity contribution is -0.147. The van der Waals surface area contributed by atoms with Crippen LogP contribution in [0.15, 0.2) is 5.10 Å². The number of hydrazone groups is 1. The molecule has 1 aliphatic rings. The number of esters is 2. The summed E-state index contributed by atoms with van der Waals surface area (Å²) in [6.07, 6.45) is -0.310. The summed E-state index contributed by atoms with van der Waals surface area (Å²) in [5, 5.41) is 1.86. The van der Waals surface area contributed by atoms with Crippen LogP contribution in [0.1, 0.15) is 27.2 Å². The Labute approximate surface area is 128 Å². The molecule has 0 aromatic heterocycles. The second kappa shape index (κ2) is 7.71. The molecule has 1 N–H and O–H groups in total. The zero-order valence-electron chi connectivity index (χ0n) is 13.1. The summed E-state index contributed by atoms with van der Waals surface area (Å²) in [7, 11) is -2.80.